The van der Waals surface area contributed by atoms with Crippen LogP contribution >= 0.6 is 11.6 Å². The molecular weight excluding hydrogens is 367 g/mol. The monoisotopic (exact) mass is 386 g/mol. The number of rotatable bonds is 4. The Balaban J connectivity index is 1.42. The van der Waals surface area contributed by atoms with Gasteiger partial charge in [-0.25, -0.2) is 4.39 Å². The number of hydrogen-bond donors (Lipinski definition) is 1. The lowest BCUT2D eigenvalue weighted by molar-refractivity contribution is -0.0238. The van der Waals surface area contributed by atoms with E-state index in [9.17, 15) is 9.50 Å². The van der Waals surface area contributed by atoms with Crippen molar-refractivity contribution in [1.82, 2.24) is 4.98 Å². The van der Waals surface area contributed by atoms with Crippen molar-refractivity contribution in [2.75, 3.05) is 24.6 Å². The molecule has 0 spiro atoms. The Hall–Kier alpha value is -2.37. The van der Waals surface area contributed by atoms with Crippen molar-refractivity contribution < 1.29 is 14.2 Å². The highest BCUT2D eigenvalue weighted by molar-refractivity contribution is 6.30. The molecule has 0 atom stereocenters. The molecule has 0 saturated carbocycles. The number of hydrogen-bond acceptors (Lipinski definition) is 4. The molecule has 3 aromatic rings. The predicted octanol–water partition coefficient (Wildman–Crippen LogP) is 4.44. The largest absolute Gasteiger partial charge is 0.490 e. The summed E-state index contributed by atoms with van der Waals surface area (Å²) in [5, 5.41) is 12.2. The van der Waals surface area contributed by atoms with Crippen molar-refractivity contribution in [1.29, 1.82) is 0 Å². The lowest BCUT2D eigenvalue weighted by Crippen LogP contribution is -2.48. The van der Waals surface area contributed by atoms with Crippen molar-refractivity contribution in [3.05, 3.63) is 65.6 Å². The minimum Gasteiger partial charge on any atom is -0.490 e. The smallest absolute Gasteiger partial charge is 0.147 e. The van der Waals surface area contributed by atoms with Crippen LogP contribution in [0.2, 0.25) is 5.02 Å². The summed E-state index contributed by atoms with van der Waals surface area (Å²) in [7, 11) is 0. The van der Waals surface area contributed by atoms with Gasteiger partial charge in [0.25, 0.3) is 0 Å². The third-order valence-electron chi connectivity index (χ3n) is 5.05. The molecule has 6 heteroatoms. The maximum absolute atomic E-state index is 14.1. The van der Waals surface area contributed by atoms with E-state index in [0.29, 0.717) is 42.4 Å². The average Bonchev–Trinajstić information content (AvgIpc) is 2.67. The van der Waals surface area contributed by atoms with Crippen LogP contribution in [-0.2, 0) is 0 Å². The van der Waals surface area contributed by atoms with Gasteiger partial charge in [-0.05, 0) is 55.3 Å². The molecule has 4 rings (SSSR count). The first-order chi connectivity index (χ1) is 13.0. The third kappa shape index (κ3) is 3.84. The fourth-order valence-corrected chi connectivity index (χ4v) is 3.62. The minimum absolute atomic E-state index is 0.192. The van der Waals surface area contributed by atoms with Gasteiger partial charge in [0.2, 0.25) is 0 Å². The first-order valence-electron chi connectivity index (χ1n) is 8.93. The van der Waals surface area contributed by atoms with Gasteiger partial charge in [0.05, 0.1) is 11.2 Å². The molecule has 4 nitrogen and oxygen atoms in total. The summed E-state index contributed by atoms with van der Waals surface area (Å²) in [6.07, 6.45) is 2.74. The molecule has 0 radical (unpaired) electrons. The van der Waals surface area contributed by atoms with Crippen LogP contribution in [0.25, 0.3) is 10.9 Å². The molecule has 0 bridgehead atoms. The van der Waals surface area contributed by atoms with Crippen molar-refractivity contribution in [3.8, 4) is 5.75 Å². The van der Waals surface area contributed by atoms with E-state index in [1.165, 1.54) is 6.07 Å². The Labute approximate surface area is 162 Å². The predicted molar refractivity (Wildman–Crippen MR) is 105 cm³/mol. The maximum Gasteiger partial charge on any atom is 0.147 e. The molecule has 1 fully saturated rings. The van der Waals surface area contributed by atoms with E-state index in [1.807, 2.05) is 35.2 Å². The van der Waals surface area contributed by atoms with Crippen LogP contribution in [0.3, 0.4) is 0 Å². The van der Waals surface area contributed by atoms with Gasteiger partial charge in [0.15, 0.2) is 0 Å². The van der Waals surface area contributed by atoms with Gasteiger partial charge in [-0.1, -0.05) is 17.7 Å². The summed E-state index contributed by atoms with van der Waals surface area (Å²) in [5.41, 5.74) is 0.432. The van der Waals surface area contributed by atoms with Crippen LogP contribution < -0.4 is 9.64 Å². The summed E-state index contributed by atoms with van der Waals surface area (Å²) in [6.45, 7) is 1.29. The number of pyridine rings is 1. The Bertz CT molecular complexity index is 953. The fraction of sp³-hybridized carbons (Fsp3) is 0.286. The van der Waals surface area contributed by atoms with Gasteiger partial charge >= 0.3 is 0 Å². The van der Waals surface area contributed by atoms with Crippen LogP contribution in [0.4, 0.5) is 10.1 Å². The standard InChI is InChI=1S/C21H20ClFN2O2/c22-15-6-7-19(17(23)13-15)25-11-8-21(26,9-12-25)14-27-20-5-1-4-18-16(20)3-2-10-24-18/h1-7,10,13,26H,8-9,11-12,14H2. The van der Waals surface area contributed by atoms with Crippen LogP contribution in [0.1, 0.15) is 12.8 Å². The second-order valence-electron chi connectivity index (χ2n) is 6.92. The van der Waals surface area contributed by atoms with Crippen LogP contribution in [0.15, 0.2) is 54.7 Å². The third-order valence-corrected chi connectivity index (χ3v) is 5.28. The molecule has 140 valence electrons. The molecule has 0 amide bonds. The Kier molecular flexibility index (Phi) is 4.89. The number of anilines is 1. The minimum atomic E-state index is -0.941. The van der Waals surface area contributed by atoms with Gasteiger partial charge in [-0.2, -0.15) is 0 Å². The van der Waals surface area contributed by atoms with Gasteiger partial charge in [-0.15, -0.1) is 0 Å². The van der Waals surface area contributed by atoms with Crippen molar-refractivity contribution >= 4 is 28.2 Å². The van der Waals surface area contributed by atoms with Gasteiger partial charge < -0.3 is 14.7 Å². The first kappa shape index (κ1) is 18.0. The summed E-state index contributed by atoms with van der Waals surface area (Å²) < 4.78 is 20.1. The Morgan fingerprint density at radius 3 is 2.74 bits per heavy atom. The summed E-state index contributed by atoms with van der Waals surface area (Å²) in [6, 6.07) is 14.2. The highest BCUT2D eigenvalue weighted by atomic mass is 35.5. The molecule has 0 unspecified atom stereocenters. The van der Waals surface area contributed by atoms with E-state index in [-0.39, 0.29) is 12.4 Å². The maximum atomic E-state index is 14.1. The summed E-state index contributed by atoms with van der Waals surface area (Å²) in [5.74, 6) is 0.368. The van der Waals surface area contributed by atoms with E-state index in [2.05, 4.69) is 4.98 Å². The highest BCUT2D eigenvalue weighted by Crippen LogP contribution is 2.31. The zero-order valence-corrected chi connectivity index (χ0v) is 15.5. The molecule has 1 N–H and O–H groups in total. The van der Waals surface area contributed by atoms with Crippen molar-refractivity contribution in [3.63, 3.8) is 0 Å². The fourth-order valence-electron chi connectivity index (χ4n) is 3.46. The van der Waals surface area contributed by atoms with E-state index in [1.54, 1.807) is 18.3 Å². The summed E-state index contributed by atoms with van der Waals surface area (Å²) >= 11 is 5.82. The van der Waals surface area contributed by atoms with Crippen LogP contribution in [0, 0.1) is 5.82 Å². The quantitative estimate of drug-likeness (QED) is 0.720. The lowest BCUT2D eigenvalue weighted by atomic mass is 9.92. The van der Waals surface area contributed by atoms with E-state index in [4.69, 9.17) is 16.3 Å². The number of piperidine rings is 1. The molecule has 0 aliphatic carbocycles. The van der Waals surface area contributed by atoms with E-state index in [0.717, 1.165) is 10.9 Å². The molecule has 1 aliphatic rings. The molecule has 2 aromatic carbocycles. The lowest BCUT2D eigenvalue weighted by Gasteiger charge is -2.39. The van der Waals surface area contributed by atoms with Gasteiger partial charge in [0.1, 0.15) is 23.8 Å². The first-order valence-corrected chi connectivity index (χ1v) is 9.31. The normalized spacial score (nSPS) is 16.5. The number of nitrogens with zero attached hydrogens (tertiary/aromatic N) is 2. The number of ether oxygens (including phenoxy) is 1. The number of aromatic nitrogens is 1. The number of benzene rings is 2. The Morgan fingerprint density at radius 1 is 1.15 bits per heavy atom. The summed E-state index contributed by atoms with van der Waals surface area (Å²) in [4.78, 5) is 6.25. The zero-order chi connectivity index (χ0) is 18.9. The number of fused-ring (bicyclic) bond motifs is 1. The van der Waals surface area contributed by atoms with Gasteiger partial charge in [-0.3, -0.25) is 4.98 Å². The second-order valence-corrected chi connectivity index (χ2v) is 7.36. The van der Waals surface area contributed by atoms with Crippen LogP contribution in [-0.4, -0.2) is 35.4 Å². The molecule has 27 heavy (non-hydrogen) atoms. The molecular formula is C21H20ClFN2O2. The molecule has 2 heterocycles. The number of halogens is 2. The zero-order valence-electron chi connectivity index (χ0n) is 14.7. The van der Waals surface area contributed by atoms with E-state index < -0.39 is 5.60 Å². The molecule has 1 saturated heterocycles. The SMILES string of the molecule is OC1(COc2cccc3ncccc23)CCN(c2ccc(Cl)cc2F)CC1. The molecule has 1 aromatic heterocycles. The average molecular weight is 387 g/mol. The molecule has 1 aliphatic heterocycles. The van der Waals surface area contributed by atoms with Crippen LogP contribution in [0.5, 0.6) is 5.75 Å². The van der Waals surface area contributed by atoms with Crippen molar-refractivity contribution in [2.24, 2.45) is 0 Å². The highest BCUT2D eigenvalue weighted by Gasteiger charge is 2.34. The topological polar surface area (TPSA) is 45.6 Å². The second kappa shape index (κ2) is 7.33. The Morgan fingerprint density at radius 2 is 1.96 bits per heavy atom. The van der Waals surface area contributed by atoms with E-state index >= 15 is 0 Å². The number of aliphatic hydroxyl groups is 1. The van der Waals surface area contributed by atoms with Gasteiger partial charge in [0, 0.05) is 29.7 Å². The van der Waals surface area contributed by atoms with Crippen molar-refractivity contribution in [2.45, 2.75) is 18.4 Å².